The Morgan fingerprint density at radius 3 is 2.76 bits per heavy atom. The van der Waals surface area contributed by atoms with Crippen LogP contribution in [0.5, 0.6) is 0 Å². The highest BCUT2D eigenvalue weighted by molar-refractivity contribution is 7.80. The molecule has 21 heavy (non-hydrogen) atoms. The molecule has 4 rings (SSSR count). The SMILES string of the molecule is O=C1NC(=S)N2C(=O)C3Nc4cc(Cl)cc(Cl)c4C3C=C12. The molecule has 3 heterocycles. The van der Waals surface area contributed by atoms with Crippen molar-refractivity contribution in [1.29, 1.82) is 0 Å². The van der Waals surface area contributed by atoms with Gasteiger partial charge >= 0.3 is 0 Å². The number of anilines is 1. The van der Waals surface area contributed by atoms with Crippen molar-refractivity contribution in [3.05, 3.63) is 39.5 Å². The summed E-state index contributed by atoms with van der Waals surface area (Å²) in [4.78, 5) is 25.7. The zero-order valence-electron chi connectivity index (χ0n) is 10.3. The number of amides is 2. The lowest BCUT2D eigenvalue weighted by Gasteiger charge is -2.28. The topological polar surface area (TPSA) is 61.4 Å². The molecule has 5 nitrogen and oxygen atoms in total. The number of thiocarbonyl (C=S) groups is 1. The molecule has 2 atom stereocenters. The molecule has 0 radical (unpaired) electrons. The lowest BCUT2D eigenvalue weighted by atomic mass is 9.90. The molecular weight excluding hydrogens is 333 g/mol. The van der Waals surface area contributed by atoms with E-state index in [1.54, 1.807) is 18.2 Å². The van der Waals surface area contributed by atoms with Gasteiger partial charge in [-0.3, -0.25) is 14.9 Å². The smallest absolute Gasteiger partial charge is 0.274 e. The number of rotatable bonds is 0. The van der Waals surface area contributed by atoms with Crippen molar-refractivity contribution < 1.29 is 9.59 Å². The van der Waals surface area contributed by atoms with Crippen molar-refractivity contribution in [2.75, 3.05) is 5.32 Å². The maximum absolute atomic E-state index is 12.6. The fourth-order valence-electron chi connectivity index (χ4n) is 2.97. The predicted octanol–water partition coefficient (Wildman–Crippen LogP) is 2.01. The maximum atomic E-state index is 12.6. The minimum absolute atomic E-state index is 0.108. The molecule has 0 aromatic heterocycles. The summed E-state index contributed by atoms with van der Waals surface area (Å²) in [5.74, 6) is -0.954. The second-order valence-corrected chi connectivity index (χ2v) is 6.21. The van der Waals surface area contributed by atoms with Crippen LogP contribution < -0.4 is 10.6 Å². The molecule has 1 aromatic carbocycles. The summed E-state index contributed by atoms with van der Waals surface area (Å²) in [6.07, 6.45) is 1.72. The average Bonchev–Trinajstić information content (AvgIpc) is 2.89. The van der Waals surface area contributed by atoms with Crippen LogP contribution in [-0.4, -0.2) is 27.9 Å². The van der Waals surface area contributed by atoms with Crippen LogP contribution in [0.1, 0.15) is 11.5 Å². The first kappa shape index (κ1) is 13.1. The van der Waals surface area contributed by atoms with Gasteiger partial charge in [0.25, 0.3) is 11.8 Å². The number of carbonyl (C=O) groups excluding carboxylic acids is 2. The van der Waals surface area contributed by atoms with Crippen molar-refractivity contribution in [2.45, 2.75) is 12.0 Å². The van der Waals surface area contributed by atoms with E-state index in [1.165, 1.54) is 4.90 Å². The van der Waals surface area contributed by atoms with Crippen LogP contribution in [0.4, 0.5) is 5.69 Å². The molecule has 0 spiro atoms. The van der Waals surface area contributed by atoms with Crippen LogP contribution >= 0.6 is 35.4 Å². The van der Waals surface area contributed by atoms with Gasteiger partial charge in [-0.2, -0.15) is 0 Å². The molecule has 0 aliphatic carbocycles. The fraction of sp³-hybridized carbons (Fsp3) is 0.154. The van der Waals surface area contributed by atoms with Crippen molar-refractivity contribution in [2.24, 2.45) is 0 Å². The lowest BCUT2D eigenvalue weighted by Crippen LogP contribution is -2.46. The van der Waals surface area contributed by atoms with Crippen LogP contribution in [0.25, 0.3) is 0 Å². The second kappa shape index (κ2) is 4.19. The van der Waals surface area contributed by atoms with E-state index in [4.69, 9.17) is 35.4 Å². The molecule has 2 N–H and O–H groups in total. The molecule has 1 aromatic rings. The van der Waals surface area contributed by atoms with Gasteiger partial charge in [-0.1, -0.05) is 23.2 Å². The Kier molecular flexibility index (Phi) is 2.61. The molecular formula is C13H7Cl2N3O2S. The van der Waals surface area contributed by atoms with Gasteiger partial charge in [0.05, 0.1) is 0 Å². The summed E-state index contributed by atoms with van der Waals surface area (Å²) in [7, 11) is 0. The van der Waals surface area contributed by atoms with Crippen molar-refractivity contribution in [3.8, 4) is 0 Å². The Morgan fingerprint density at radius 1 is 1.24 bits per heavy atom. The van der Waals surface area contributed by atoms with Crippen LogP contribution in [0.15, 0.2) is 23.9 Å². The number of nitrogens with one attached hydrogen (secondary N) is 2. The zero-order valence-corrected chi connectivity index (χ0v) is 12.6. The number of benzene rings is 1. The summed E-state index contributed by atoms with van der Waals surface area (Å²) in [5.41, 5.74) is 1.74. The first-order chi connectivity index (χ1) is 9.97. The van der Waals surface area contributed by atoms with Gasteiger partial charge in [0.1, 0.15) is 11.7 Å². The Balaban J connectivity index is 1.90. The van der Waals surface area contributed by atoms with E-state index in [9.17, 15) is 9.59 Å². The van der Waals surface area contributed by atoms with Gasteiger partial charge in [0, 0.05) is 27.2 Å². The number of halogens is 2. The van der Waals surface area contributed by atoms with Gasteiger partial charge in [0.15, 0.2) is 5.11 Å². The monoisotopic (exact) mass is 339 g/mol. The highest BCUT2D eigenvalue weighted by Crippen LogP contribution is 2.46. The summed E-state index contributed by atoms with van der Waals surface area (Å²) >= 11 is 17.3. The van der Waals surface area contributed by atoms with E-state index in [0.717, 1.165) is 5.56 Å². The zero-order chi connectivity index (χ0) is 14.9. The summed E-state index contributed by atoms with van der Waals surface area (Å²) in [6.45, 7) is 0. The number of hydrogen-bond acceptors (Lipinski definition) is 4. The predicted molar refractivity (Wildman–Crippen MR) is 82.3 cm³/mol. The highest BCUT2D eigenvalue weighted by Gasteiger charge is 2.49. The minimum Gasteiger partial charge on any atom is -0.373 e. The minimum atomic E-state index is -0.537. The number of carbonyl (C=O) groups is 2. The van der Waals surface area contributed by atoms with Gasteiger partial charge in [-0.05, 0) is 30.4 Å². The van der Waals surface area contributed by atoms with E-state index >= 15 is 0 Å². The summed E-state index contributed by atoms with van der Waals surface area (Å²) in [6, 6.07) is 2.81. The van der Waals surface area contributed by atoms with Crippen LogP contribution in [0.3, 0.4) is 0 Å². The van der Waals surface area contributed by atoms with Crippen molar-refractivity contribution >= 4 is 58.0 Å². The average molecular weight is 340 g/mol. The molecule has 2 unspecified atom stereocenters. The molecule has 0 saturated carbocycles. The van der Waals surface area contributed by atoms with Crippen LogP contribution in [-0.2, 0) is 9.59 Å². The van der Waals surface area contributed by atoms with Gasteiger partial charge in [0.2, 0.25) is 0 Å². The second-order valence-electron chi connectivity index (χ2n) is 4.98. The summed E-state index contributed by atoms with van der Waals surface area (Å²) < 4.78 is 0. The van der Waals surface area contributed by atoms with Crippen LogP contribution in [0.2, 0.25) is 10.0 Å². The first-order valence-corrected chi connectivity index (χ1v) is 7.30. The highest BCUT2D eigenvalue weighted by atomic mass is 35.5. The normalized spacial score (nSPS) is 25.9. The van der Waals surface area contributed by atoms with Gasteiger partial charge in [-0.25, -0.2) is 4.90 Å². The van der Waals surface area contributed by atoms with Crippen molar-refractivity contribution in [3.63, 3.8) is 0 Å². The quantitative estimate of drug-likeness (QED) is 0.710. The van der Waals surface area contributed by atoms with Crippen LogP contribution in [0, 0.1) is 0 Å². The van der Waals surface area contributed by atoms with E-state index < -0.39 is 6.04 Å². The van der Waals surface area contributed by atoms with Crippen molar-refractivity contribution in [1.82, 2.24) is 10.2 Å². The van der Waals surface area contributed by atoms with E-state index in [0.29, 0.717) is 15.7 Å². The first-order valence-electron chi connectivity index (χ1n) is 6.14. The lowest BCUT2D eigenvalue weighted by molar-refractivity contribution is -0.128. The molecule has 8 heteroatoms. The maximum Gasteiger partial charge on any atom is 0.274 e. The Bertz CT molecular complexity index is 777. The number of hydrogen-bond donors (Lipinski definition) is 2. The molecule has 1 fully saturated rings. The number of nitrogens with zero attached hydrogens (tertiary/aromatic N) is 1. The Labute approximate surface area is 134 Å². The third kappa shape index (κ3) is 1.67. The number of fused-ring (bicyclic) bond motifs is 4. The molecule has 3 aliphatic rings. The molecule has 1 saturated heterocycles. The van der Waals surface area contributed by atoms with Gasteiger partial charge in [-0.15, -0.1) is 0 Å². The van der Waals surface area contributed by atoms with E-state index in [1.807, 2.05) is 0 Å². The molecule has 3 aliphatic heterocycles. The standard InChI is InChI=1S/C13H7Cl2N3O2S/c14-4-1-6(15)9-5-3-8-11(19)17-13(21)18(8)12(20)10(5)16-7(9)2-4/h1-3,5,10,16H,(H,17,19,21). The fourth-order valence-corrected chi connectivity index (χ4v) is 3.87. The Hall–Kier alpha value is -1.63. The summed E-state index contributed by atoms with van der Waals surface area (Å²) in [5, 5.41) is 6.65. The van der Waals surface area contributed by atoms with E-state index in [-0.39, 0.29) is 28.5 Å². The molecule has 106 valence electrons. The Morgan fingerprint density at radius 2 is 2.00 bits per heavy atom. The third-order valence-electron chi connectivity index (χ3n) is 3.82. The molecule has 0 bridgehead atoms. The third-order valence-corrected chi connectivity index (χ3v) is 4.63. The largest absolute Gasteiger partial charge is 0.373 e. The van der Waals surface area contributed by atoms with Gasteiger partial charge < -0.3 is 5.32 Å². The molecule has 2 amide bonds. The van der Waals surface area contributed by atoms with E-state index in [2.05, 4.69) is 10.6 Å².